The molecule has 1 aliphatic heterocycles. The molecule has 4 aromatic carbocycles. The number of anilines is 2. The number of allylic oxidation sites excluding steroid dienone is 1. The summed E-state index contributed by atoms with van der Waals surface area (Å²) in [4.78, 5) is 38.7. The zero-order valence-corrected chi connectivity index (χ0v) is 26.4. The van der Waals surface area contributed by atoms with Crippen molar-refractivity contribution in [2.24, 2.45) is 0 Å². The van der Waals surface area contributed by atoms with Gasteiger partial charge in [-0.15, -0.1) is 0 Å². The summed E-state index contributed by atoms with van der Waals surface area (Å²) in [6.45, 7) is 1.91. The number of aromatic nitrogens is 1. The van der Waals surface area contributed by atoms with Crippen LogP contribution in [-0.4, -0.2) is 33.7 Å². The molecule has 0 radical (unpaired) electrons. The summed E-state index contributed by atoms with van der Waals surface area (Å²) < 4.78 is 13.9. The molecule has 1 aliphatic rings. The Kier molecular flexibility index (Phi) is 9.65. The number of nitrogens with one attached hydrogen (secondary N) is 2. The number of nitrogens with zero attached hydrogens (tertiary/aromatic N) is 1. The molecule has 2 atom stereocenters. The van der Waals surface area contributed by atoms with Gasteiger partial charge in [0.15, 0.2) is 5.76 Å². The average Bonchev–Trinajstić information content (AvgIpc) is 3.51. The first-order valence-corrected chi connectivity index (χ1v) is 15.6. The van der Waals surface area contributed by atoms with Gasteiger partial charge in [-0.1, -0.05) is 66.7 Å². The number of aliphatic hydroxyl groups is 1. The van der Waals surface area contributed by atoms with Crippen molar-refractivity contribution >= 4 is 40.0 Å². The van der Waals surface area contributed by atoms with Crippen molar-refractivity contribution < 1.29 is 29.0 Å². The van der Waals surface area contributed by atoms with Crippen LogP contribution in [0, 0.1) is 0 Å². The largest absolute Gasteiger partial charge is 0.459 e. The number of amides is 2. The van der Waals surface area contributed by atoms with Crippen molar-refractivity contribution in [1.82, 2.24) is 9.88 Å². The molecule has 0 saturated heterocycles. The van der Waals surface area contributed by atoms with E-state index in [1.165, 1.54) is 6.92 Å². The number of nitrogens with two attached hydrogens (primary N) is 1. The minimum absolute atomic E-state index is 0.0467. The minimum atomic E-state index is -0.742. The molecule has 2 amide bonds. The summed E-state index contributed by atoms with van der Waals surface area (Å²) in [5.74, 6) is -0.987. The van der Waals surface area contributed by atoms with E-state index in [9.17, 15) is 19.5 Å². The number of carbonyl (C=O) groups is 3. The van der Waals surface area contributed by atoms with E-state index in [1.807, 2.05) is 54.7 Å². The quantitative estimate of drug-likeness (QED) is 0.139. The van der Waals surface area contributed by atoms with Crippen molar-refractivity contribution in [1.29, 1.82) is 0 Å². The Morgan fingerprint density at radius 2 is 1.58 bits per heavy atom. The number of ether oxygens (including phenoxy) is 2. The second-order valence-corrected chi connectivity index (χ2v) is 11.6. The number of para-hydroxylation sites is 3. The van der Waals surface area contributed by atoms with Gasteiger partial charge >= 0.3 is 0 Å². The van der Waals surface area contributed by atoms with E-state index in [2.05, 4.69) is 10.6 Å². The Labute approximate surface area is 277 Å². The second kappa shape index (κ2) is 14.4. The van der Waals surface area contributed by atoms with Crippen molar-refractivity contribution in [2.75, 3.05) is 11.1 Å². The molecule has 1 aromatic heterocycles. The lowest BCUT2D eigenvalue weighted by Crippen LogP contribution is -2.32. The van der Waals surface area contributed by atoms with Crippen LogP contribution in [0.5, 0.6) is 0 Å². The summed E-state index contributed by atoms with van der Waals surface area (Å²) in [5.41, 5.74) is 11.6. The lowest BCUT2D eigenvalue weighted by atomic mass is 9.92. The van der Waals surface area contributed by atoms with Crippen molar-refractivity contribution in [2.45, 2.75) is 45.3 Å². The van der Waals surface area contributed by atoms with E-state index in [0.717, 1.165) is 33.2 Å². The monoisotopic (exact) mass is 644 g/mol. The molecule has 244 valence electrons. The number of rotatable bonds is 10. The fourth-order valence-corrected chi connectivity index (χ4v) is 5.68. The topological polar surface area (TPSA) is 145 Å². The lowest BCUT2D eigenvalue weighted by Gasteiger charge is -2.29. The molecule has 2 heterocycles. The third kappa shape index (κ3) is 7.30. The van der Waals surface area contributed by atoms with E-state index < -0.39 is 12.2 Å². The number of nitrogen functional groups attached to an aromatic ring is 1. The van der Waals surface area contributed by atoms with Crippen LogP contribution in [0.1, 0.15) is 56.7 Å². The summed E-state index contributed by atoms with van der Waals surface area (Å²) >= 11 is 0. The first-order valence-electron chi connectivity index (χ1n) is 15.6. The van der Waals surface area contributed by atoms with Gasteiger partial charge in [0.25, 0.3) is 11.8 Å². The molecule has 0 spiro atoms. The van der Waals surface area contributed by atoms with Crippen LogP contribution in [0.2, 0.25) is 0 Å². The van der Waals surface area contributed by atoms with Gasteiger partial charge in [-0.05, 0) is 58.7 Å². The number of benzene rings is 4. The molecular weight excluding hydrogens is 608 g/mol. The summed E-state index contributed by atoms with van der Waals surface area (Å²) in [5, 5.41) is 16.0. The molecule has 6 rings (SSSR count). The number of fused-ring (bicyclic) bond motifs is 1. The van der Waals surface area contributed by atoms with E-state index in [-0.39, 0.29) is 43.2 Å². The smallest absolute Gasteiger partial charge is 0.286 e. The molecular formula is C38H36N4O6. The fraction of sp³-hybridized carbons (Fsp3) is 0.184. The highest BCUT2D eigenvalue weighted by Crippen LogP contribution is 2.36. The molecule has 0 bridgehead atoms. The Hall–Kier alpha value is -5.71. The molecule has 5 N–H and O–H groups in total. The molecule has 0 aliphatic carbocycles. The Morgan fingerprint density at radius 1 is 0.896 bits per heavy atom. The van der Waals surface area contributed by atoms with Gasteiger partial charge < -0.3 is 30.9 Å². The predicted octanol–water partition coefficient (Wildman–Crippen LogP) is 5.88. The first-order chi connectivity index (χ1) is 23.3. The van der Waals surface area contributed by atoms with Crippen molar-refractivity contribution in [3.8, 4) is 0 Å². The first kappa shape index (κ1) is 32.2. The second-order valence-electron chi connectivity index (χ2n) is 11.6. The maximum Gasteiger partial charge on any atom is 0.286 e. The van der Waals surface area contributed by atoms with Crippen LogP contribution in [0.3, 0.4) is 0 Å². The molecule has 0 unspecified atom stereocenters. The third-order valence-corrected chi connectivity index (χ3v) is 8.28. The van der Waals surface area contributed by atoms with Gasteiger partial charge in [0.1, 0.15) is 0 Å². The Morgan fingerprint density at radius 3 is 2.31 bits per heavy atom. The molecule has 0 saturated carbocycles. The highest BCUT2D eigenvalue weighted by atomic mass is 16.7. The summed E-state index contributed by atoms with van der Waals surface area (Å²) in [7, 11) is 0. The van der Waals surface area contributed by atoms with Crippen LogP contribution >= 0.6 is 0 Å². The standard InChI is InChI=1S/C38H36N4O6/c1-24(44)42-21-31(30-6-2-5-9-34(30)42)29-18-35(48-36(19-29)47-23-27-12-10-26(22-43)11-13-27)38(46)40-20-25-14-16-28(17-15-25)37(45)41-33-8-4-3-7-32(33)39/h2-18,21,29,36,43H,19-20,22-23,39H2,1H3,(H,40,46)(H,41,45)/t29-,36+/m1/s1. The lowest BCUT2D eigenvalue weighted by molar-refractivity contribution is -0.150. The molecule has 10 heteroatoms. The van der Waals surface area contributed by atoms with Crippen LogP contribution in [0.4, 0.5) is 11.4 Å². The molecule has 10 nitrogen and oxygen atoms in total. The molecule has 5 aromatic rings. The number of hydrogen-bond donors (Lipinski definition) is 4. The zero-order chi connectivity index (χ0) is 33.6. The van der Waals surface area contributed by atoms with E-state index in [4.69, 9.17) is 15.2 Å². The molecule has 0 fully saturated rings. The minimum Gasteiger partial charge on any atom is -0.459 e. The van der Waals surface area contributed by atoms with Crippen LogP contribution < -0.4 is 16.4 Å². The zero-order valence-electron chi connectivity index (χ0n) is 26.4. The third-order valence-electron chi connectivity index (χ3n) is 8.28. The van der Waals surface area contributed by atoms with E-state index in [0.29, 0.717) is 23.4 Å². The van der Waals surface area contributed by atoms with Crippen LogP contribution in [-0.2, 0) is 34.0 Å². The van der Waals surface area contributed by atoms with E-state index in [1.54, 1.807) is 59.2 Å². The van der Waals surface area contributed by atoms with Crippen molar-refractivity contribution in [3.63, 3.8) is 0 Å². The van der Waals surface area contributed by atoms with Crippen LogP contribution in [0.25, 0.3) is 10.9 Å². The number of carbonyl (C=O) groups excluding carboxylic acids is 3. The van der Waals surface area contributed by atoms with Gasteiger partial charge in [-0.3, -0.25) is 19.0 Å². The van der Waals surface area contributed by atoms with Gasteiger partial charge in [0, 0.05) is 43.0 Å². The van der Waals surface area contributed by atoms with Crippen molar-refractivity contribution in [3.05, 3.63) is 143 Å². The summed E-state index contributed by atoms with van der Waals surface area (Å²) in [6, 6.07) is 29.0. The van der Waals surface area contributed by atoms with Crippen LogP contribution in [0.15, 0.2) is 115 Å². The fourth-order valence-electron chi connectivity index (χ4n) is 5.68. The normalized spacial score (nSPS) is 15.8. The highest BCUT2D eigenvalue weighted by Gasteiger charge is 2.31. The Bertz CT molecular complexity index is 1980. The highest BCUT2D eigenvalue weighted by molar-refractivity contribution is 6.05. The number of aliphatic hydroxyl groups excluding tert-OH is 1. The predicted molar refractivity (Wildman–Crippen MR) is 183 cm³/mol. The summed E-state index contributed by atoms with van der Waals surface area (Å²) in [6.07, 6.45) is 3.29. The van der Waals surface area contributed by atoms with Gasteiger partial charge in [0.05, 0.1) is 30.1 Å². The van der Waals surface area contributed by atoms with Gasteiger partial charge in [-0.25, -0.2) is 0 Å². The maximum atomic E-state index is 13.5. The number of hydrogen-bond acceptors (Lipinski definition) is 7. The molecule has 48 heavy (non-hydrogen) atoms. The Balaban J connectivity index is 1.18. The average molecular weight is 645 g/mol. The van der Waals surface area contributed by atoms with Gasteiger partial charge in [0.2, 0.25) is 12.2 Å². The SMILES string of the molecule is CC(=O)n1cc([C@@H]2C=C(C(=O)NCc3ccc(C(=O)Nc4ccccc4N)cc3)O[C@H](OCc3ccc(CO)cc3)C2)c2ccccc21. The van der Waals surface area contributed by atoms with Gasteiger partial charge in [-0.2, -0.15) is 0 Å². The van der Waals surface area contributed by atoms with E-state index >= 15 is 0 Å². The maximum absolute atomic E-state index is 13.5.